The fourth-order valence-corrected chi connectivity index (χ4v) is 3.95. The van der Waals surface area contributed by atoms with E-state index in [0.717, 1.165) is 10.5 Å². The maximum atomic E-state index is 13.5. The molecule has 2 amide bonds. The lowest BCUT2D eigenvalue weighted by atomic mass is 9.97. The highest BCUT2D eigenvalue weighted by Gasteiger charge is 2.49. The van der Waals surface area contributed by atoms with Gasteiger partial charge in [-0.1, -0.05) is 41.9 Å². The van der Waals surface area contributed by atoms with Crippen LogP contribution in [-0.4, -0.2) is 48.5 Å². The van der Waals surface area contributed by atoms with Gasteiger partial charge in [0.05, 0.1) is 18.5 Å². The van der Waals surface area contributed by atoms with Crippen molar-refractivity contribution in [3.8, 4) is 5.75 Å². The van der Waals surface area contributed by atoms with Crippen molar-refractivity contribution in [2.75, 3.05) is 20.3 Å². The van der Waals surface area contributed by atoms with Crippen molar-refractivity contribution in [2.45, 2.75) is 25.4 Å². The number of halogens is 1. The maximum Gasteiger partial charge on any atom is 0.325 e. The molecule has 9 heteroatoms. The van der Waals surface area contributed by atoms with Crippen LogP contribution in [0.25, 0.3) is 11.0 Å². The summed E-state index contributed by atoms with van der Waals surface area (Å²) in [5.74, 6) is -1.75. The Bertz CT molecular complexity index is 1220. The molecule has 2 heterocycles. The van der Waals surface area contributed by atoms with E-state index >= 15 is 0 Å². The second kappa shape index (κ2) is 8.78. The van der Waals surface area contributed by atoms with E-state index in [9.17, 15) is 14.4 Å². The van der Waals surface area contributed by atoms with Gasteiger partial charge in [-0.15, -0.1) is 0 Å². The van der Waals surface area contributed by atoms with Gasteiger partial charge in [0.2, 0.25) is 11.7 Å². The van der Waals surface area contributed by atoms with E-state index in [2.05, 4.69) is 5.32 Å². The van der Waals surface area contributed by atoms with Crippen molar-refractivity contribution in [3.05, 3.63) is 64.9 Å². The fraction of sp³-hybridized carbons (Fsp3) is 0.292. The molecule has 1 N–H and O–H groups in total. The maximum absolute atomic E-state index is 13.5. The van der Waals surface area contributed by atoms with Crippen LogP contribution in [0.15, 0.2) is 52.9 Å². The Morgan fingerprint density at radius 1 is 1.24 bits per heavy atom. The van der Waals surface area contributed by atoms with E-state index < -0.39 is 29.9 Å². The summed E-state index contributed by atoms with van der Waals surface area (Å²) in [6.45, 7) is 2.71. The number of carbonyl (C=O) groups is 3. The third-order valence-electron chi connectivity index (χ3n) is 5.79. The third-order valence-corrected chi connectivity index (χ3v) is 6.02. The van der Waals surface area contributed by atoms with Crippen LogP contribution in [0.2, 0.25) is 5.02 Å². The number of fused-ring (bicyclic) bond motifs is 3. The normalized spacial score (nSPS) is 18.8. The van der Waals surface area contributed by atoms with Gasteiger partial charge < -0.3 is 24.1 Å². The highest BCUT2D eigenvalue weighted by Crippen LogP contribution is 2.39. The number of methoxy groups -OCH3 is 1. The number of furan rings is 1. The largest absolute Gasteiger partial charge is 0.486 e. The summed E-state index contributed by atoms with van der Waals surface area (Å²) in [4.78, 5) is 40.3. The monoisotopic (exact) mass is 470 g/mol. The van der Waals surface area contributed by atoms with Crippen molar-refractivity contribution >= 4 is 40.4 Å². The predicted octanol–water partition coefficient (Wildman–Crippen LogP) is 3.73. The van der Waals surface area contributed by atoms with Crippen molar-refractivity contribution in [3.63, 3.8) is 0 Å². The standard InChI is InChI=1S/C24H23ClN2O6/c1-14(15-7-5-4-6-8-15)26-23(30)24(2)13-32-20-17-11-16(25)9-10-18(17)33-21(20)22(29)27(24)12-19(28)31-3/h4-11,14H,12-13H2,1-3H3,(H,26,30)/t14-,24?/m0/s1. The fourth-order valence-electron chi connectivity index (χ4n) is 3.77. The highest BCUT2D eigenvalue weighted by atomic mass is 35.5. The van der Waals surface area contributed by atoms with Crippen LogP contribution in [0.4, 0.5) is 0 Å². The SMILES string of the molecule is COC(=O)CN1C(=O)c2oc3ccc(Cl)cc3c2OCC1(C)C(=O)N[C@@H](C)c1ccccc1. The number of benzene rings is 2. The average Bonchev–Trinajstić information content (AvgIpc) is 3.13. The molecule has 172 valence electrons. The Labute approximate surface area is 195 Å². The van der Waals surface area contributed by atoms with Crippen LogP contribution in [0.3, 0.4) is 0 Å². The van der Waals surface area contributed by atoms with E-state index in [4.69, 9.17) is 25.5 Å². The molecule has 1 aromatic heterocycles. The number of esters is 1. The molecule has 3 aromatic rings. The van der Waals surface area contributed by atoms with Gasteiger partial charge in [-0.25, -0.2) is 0 Å². The summed E-state index contributed by atoms with van der Waals surface area (Å²) < 4.78 is 16.5. The molecule has 0 bridgehead atoms. The van der Waals surface area contributed by atoms with Crippen LogP contribution in [0.5, 0.6) is 5.75 Å². The van der Waals surface area contributed by atoms with Crippen molar-refractivity contribution < 1.29 is 28.3 Å². The molecule has 4 rings (SSSR count). The smallest absolute Gasteiger partial charge is 0.325 e. The molecule has 2 atom stereocenters. The molecular formula is C24H23ClN2O6. The Morgan fingerprint density at radius 2 is 1.97 bits per heavy atom. The predicted molar refractivity (Wildman–Crippen MR) is 121 cm³/mol. The zero-order valence-corrected chi connectivity index (χ0v) is 19.1. The Balaban J connectivity index is 1.73. The van der Waals surface area contributed by atoms with E-state index in [1.165, 1.54) is 7.11 Å². The van der Waals surface area contributed by atoms with Gasteiger partial charge in [0.25, 0.3) is 5.91 Å². The Hall–Kier alpha value is -3.52. The second-order valence-corrected chi connectivity index (χ2v) is 8.47. The van der Waals surface area contributed by atoms with Gasteiger partial charge in [-0.2, -0.15) is 0 Å². The summed E-state index contributed by atoms with van der Waals surface area (Å²) in [6.07, 6.45) is 0. The number of hydrogen-bond donors (Lipinski definition) is 1. The van der Waals surface area contributed by atoms with Crippen LogP contribution < -0.4 is 10.1 Å². The number of rotatable bonds is 5. The molecule has 33 heavy (non-hydrogen) atoms. The molecule has 0 spiro atoms. The molecule has 1 unspecified atom stereocenters. The van der Waals surface area contributed by atoms with Crippen molar-refractivity contribution in [1.29, 1.82) is 0 Å². The molecule has 1 aliphatic heterocycles. The topological polar surface area (TPSA) is 98.1 Å². The van der Waals surface area contributed by atoms with Crippen LogP contribution in [0.1, 0.15) is 36.0 Å². The summed E-state index contributed by atoms with van der Waals surface area (Å²) >= 11 is 6.12. The Kier molecular flexibility index (Phi) is 6.03. The van der Waals surface area contributed by atoms with E-state index in [0.29, 0.717) is 16.0 Å². The van der Waals surface area contributed by atoms with E-state index in [1.807, 2.05) is 37.3 Å². The van der Waals surface area contributed by atoms with E-state index in [-0.39, 0.29) is 24.2 Å². The van der Waals surface area contributed by atoms with Gasteiger partial charge in [-0.05, 0) is 37.6 Å². The molecule has 0 radical (unpaired) electrons. The molecule has 0 fully saturated rings. The Morgan fingerprint density at radius 3 is 2.67 bits per heavy atom. The van der Waals surface area contributed by atoms with Gasteiger partial charge in [0.15, 0.2) is 11.3 Å². The number of ether oxygens (including phenoxy) is 2. The number of nitrogens with one attached hydrogen (secondary N) is 1. The number of amides is 2. The number of hydrogen-bond acceptors (Lipinski definition) is 6. The molecule has 2 aromatic carbocycles. The van der Waals surface area contributed by atoms with Gasteiger partial charge >= 0.3 is 5.97 Å². The second-order valence-electron chi connectivity index (χ2n) is 8.04. The van der Waals surface area contributed by atoms with Gasteiger partial charge in [0, 0.05) is 5.02 Å². The quantitative estimate of drug-likeness (QED) is 0.570. The van der Waals surface area contributed by atoms with Gasteiger partial charge in [0.1, 0.15) is 18.7 Å². The lowest BCUT2D eigenvalue weighted by molar-refractivity contribution is -0.145. The van der Waals surface area contributed by atoms with Gasteiger partial charge in [-0.3, -0.25) is 14.4 Å². The van der Waals surface area contributed by atoms with Crippen molar-refractivity contribution in [1.82, 2.24) is 10.2 Å². The zero-order chi connectivity index (χ0) is 23.8. The molecule has 1 aliphatic rings. The first-order valence-electron chi connectivity index (χ1n) is 10.3. The van der Waals surface area contributed by atoms with Crippen LogP contribution in [-0.2, 0) is 14.3 Å². The summed E-state index contributed by atoms with van der Waals surface area (Å²) in [5.41, 5.74) is -0.232. The summed E-state index contributed by atoms with van der Waals surface area (Å²) in [6, 6.07) is 13.9. The molecular weight excluding hydrogens is 448 g/mol. The van der Waals surface area contributed by atoms with E-state index in [1.54, 1.807) is 25.1 Å². The molecule has 0 saturated carbocycles. The third kappa shape index (κ3) is 4.14. The average molecular weight is 471 g/mol. The molecule has 0 aliphatic carbocycles. The number of nitrogens with zero attached hydrogens (tertiary/aromatic N) is 1. The minimum Gasteiger partial charge on any atom is -0.486 e. The summed E-state index contributed by atoms with van der Waals surface area (Å²) in [5, 5.41) is 3.87. The van der Waals surface area contributed by atoms with Crippen LogP contribution >= 0.6 is 11.6 Å². The first-order chi connectivity index (χ1) is 15.7. The van der Waals surface area contributed by atoms with Crippen molar-refractivity contribution in [2.24, 2.45) is 0 Å². The lowest BCUT2D eigenvalue weighted by Crippen LogP contribution is -2.62. The minimum atomic E-state index is -1.53. The highest BCUT2D eigenvalue weighted by molar-refractivity contribution is 6.31. The first-order valence-corrected chi connectivity index (χ1v) is 10.7. The number of carbonyl (C=O) groups excluding carboxylic acids is 3. The molecule has 0 saturated heterocycles. The zero-order valence-electron chi connectivity index (χ0n) is 18.4. The summed E-state index contributed by atoms with van der Waals surface area (Å²) in [7, 11) is 1.21. The molecule has 8 nitrogen and oxygen atoms in total. The van der Waals surface area contributed by atoms with Crippen LogP contribution in [0, 0.1) is 0 Å². The minimum absolute atomic E-state index is 0.108. The lowest BCUT2D eigenvalue weighted by Gasteiger charge is -2.37. The first kappa shape index (κ1) is 22.7.